The average Bonchev–Trinajstić information content (AvgIpc) is 2.42. The lowest BCUT2D eigenvalue weighted by atomic mass is 9.61. The van der Waals surface area contributed by atoms with Gasteiger partial charge in [-0.1, -0.05) is 13.8 Å². The molecule has 1 aliphatic heterocycles. The van der Waals surface area contributed by atoms with Gasteiger partial charge in [0.1, 0.15) is 5.73 Å². The van der Waals surface area contributed by atoms with Crippen molar-refractivity contribution in [2.45, 2.75) is 72.5 Å². The highest BCUT2D eigenvalue weighted by Gasteiger charge is 2.54. The maximum absolute atomic E-state index is 14.5. The quantitative estimate of drug-likeness (QED) is 0.695. The van der Waals surface area contributed by atoms with Crippen LogP contribution < -0.4 is 0 Å². The van der Waals surface area contributed by atoms with Gasteiger partial charge in [0, 0.05) is 0 Å². The van der Waals surface area contributed by atoms with Gasteiger partial charge in [0.05, 0.1) is 11.2 Å². The molecule has 108 valence electrons. The van der Waals surface area contributed by atoms with Crippen LogP contribution in [0.2, 0.25) is 0 Å². The Kier molecular flexibility index (Phi) is 3.43. The van der Waals surface area contributed by atoms with E-state index in [1.165, 1.54) is 0 Å². The van der Waals surface area contributed by atoms with Crippen molar-refractivity contribution in [3.05, 3.63) is 11.3 Å². The Balaban J connectivity index is 2.11. The number of allylic oxidation sites excluding steroid dienone is 1. The maximum Gasteiger partial charge on any atom is 0.525 e. The van der Waals surface area contributed by atoms with Crippen LogP contribution in [0.3, 0.4) is 0 Å². The van der Waals surface area contributed by atoms with Crippen LogP contribution in [0, 0.1) is 11.3 Å². The smallest absolute Gasteiger partial charge is 0.398 e. The zero-order chi connectivity index (χ0) is 14.6. The summed E-state index contributed by atoms with van der Waals surface area (Å²) in [7, 11) is -0.839. The molecule has 0 N–H and O–H groups in total. The van der Waals surface area contributed by atoms with E-state index in [1.54, 1.807) is 0 Å². The van der Waals surface area contributed by atoms with Gasteiger partial charge in [-0.05, 0) is 64.4 Å². The topological polar surface area (TPSA) is 18.5 Å². The summed E-state index contributed by atoms with van der Waals surface area (Å²) >= 11 is 0. The van der Waals surface area contributed by atoms with E-state index in [1.807, 2.05) is 34.6 Å². The summed E-state index contributed by atoms with van der Waals surface area (Å²) in [5.74, 6) is 0.342. The molecule has 2 nitrogen and oxygen atoms in total. The molecule has 2 fully saturated rings. The highest BCUT2D eigenvalue weighted by Crippen LogP contribution is 2.49. The van der Waals surface area contributed by atoms with E-state index in [0.717, 1.165) is 18.4 Å². The molecule has 1 aliphatic carbocycles. The van der Waals surface area contributed by atoms with Gasteiger partial charge in [-0.2, -0.15) is 0 Å². The molecule has 0 spiro atoms. The molecule has 1 heterocycles. The Bertz CT molecular complexity index is 388. The first kappa shape index (κ1) is 15.1. The van der Waals surface area contributed by atoms with Crippen LogP contribution >= 0.6 is 0 Å². The molecule has 2 aliphatic rings. The van der Waals surface area contributed by atoms with E-state index in [2.05, 4.69) is 13.8 Å². The first-order valence-corrected chi connectivity index (χ1v) is 7.17. The predicted octanol–water partition coefficient (Wildman–Crippen LogP) is 4.30. The van der Waals surface area contributed by atoms with Gasteiger partial charge < -0.3 is 9.31 Å². The van der Waals surface area contributed by atoms with Crippen LogP contribution in [0.25, 0.3) is 0 Å². The average molecular weight is 268 g/mol. The highest BCUT2D eigenvalue weighted by atomic mass is 19.1. The number of hydrogen-bond donors (Lipinski definition) is 0. The monoisotopic (exact) mass is 268 g/mol. The number of hydrogen-bond acceptors (Lipinski definition) is 2. The molecule has 2 rings (SSSR count). The third kappa shape index (κ3) is 2.62. The summed E-state index contributed by atoms with van der Waals surface area (Å²) in [6.07, 6.45) is 2.09. The van der Waals surface area contributed by atoms with E-state index < -0.39 is 18.3 Å². The molecule has 4 heteroatoms. The summed E-state index contributed by atoms with van der Waals surface area (Å²) < 4.78 is 26.1. The Morgan fingerprint density at radius 3 is 1.79 bits per heavy atom. The van der Waals surface area contributed by atoms with Crippen molar-refractivity contribution in [1.82, 2.24) is 0 Å². The Hall–Kier alpha value is -0.345. The summed E-state index contributed by atoms with van der Waals surface area (Å²) in [4.78, 5) is 0. The minimum absolute atomic E-state index is 0.223. The second-order valence-corrected chi connectivity index (χ2v) is 7.89. The van der Waals surface area contributed by atoms with Gasteiger partial charge in [0.2, 0.25) is 0 Å². The largest absolute Gasteiger partial charge is 0.525 e. The minimum atomic E-state index is -0.839. The normalized spacial score (nSPS) is 30.0. The lowest BCUT2D eigenvalue weighted by Gasteiger charge is -2.43. The van der Waals surface area contributed by atoms with Gasteiger partial charge in [-0.15, -0.1) is 0 Å². The van der Waals surface area contributed by atoms with E-state index in [9.17, 15) is 4.39 Å². The van der Waals surface area contributed by atoms with Crippen molar-refractivity contribution < 1.29 is 13.7 Å². The zero-order valence-corrected chi connectivity index (χ0v) is 13.3. The van der Waals surface area contributed by atoms with E-state index in [4.69, 9.17) is 9.31 Å². The van der Waals surface area contributed by atoms with Crippen molar-refractivity contribution in [2.24, 2.45) is 11.3 Å². The van der Waals surface area contributed by atoms with Crippen molar-refractivity contribution in [3.63, 3.8) is 0 Å². The second-order valence-electron chi connectivity index (χ2n) is 7.89. The standard InChI is InChI=1S/C15H26BFO2/c1-10(11-8-13(2,3)9-11)12(17)16-18-14(4,5)15(6,7)19-16/h11H,8-9H2,1-7H3. The fraction of sp³-hybridized carbons (Fsp3) is 0.867. The molecule has 19 heavy (non-hydrogen) atoms. The van der Waals surface area contributed by atoms with Gasteiger partial charge in [0.15, 0.2) is 0 Å². The first-order chi connectivity index (χ1) is 8.45. The molecule has 0 unspecified atom stereocenters. The molecule has 0 atom stereocenters. The van der Waals surface area contributed by atoms with Crippen LogP contribution in [0.5, 0.6) is 0 Å². The minimum Gasteiger partial charge on any atom is -0.398 e. The lowest BCUT2D eigenvalue weighted by Crippen LogP contribution is -2.41. The maximum atomic E-state index is 14.5. The van der Waals surface area contributed by atoms with Crippen LogP contribution in [-0.2, 0) is 9.31 Å². The second kappa shape index (κ2) is 4.32. The molecular weight excluding hydrogens is 242 g/mol. The Morgan fingerprint density at radius 2 is 1.42 bits per heavy atom. The summed E-state index contributed by atoms with van der Waals surface area (Å²) in [5.41, 5.74) is -0.0261. The molecule has 1 saturated carbocycles. The predicted molar refractivity (Wildman–Crippen MR) is 76.4 cm³/mol. The van der Waals surface area contributed by atoms with Gasteiger partial charge >= 0.3 is 7.12 Å². The molecule has 0 aromatic rings. The highest BCUT2D eigenvalue weighted by molar-refractivity contribution is 6.53. The van der Waals surface area contributed by atoms with Crippen molar-refractivity contribution in [3.8, 4) is 0 Å². The molecule has 0 bridgehead atoms. The molecule has 0 amide bonds. The third-order valence-corrected chi connectivity index (χ3v) is 5.05. The van der Waals surface area contributed by atoms with E-state index >= 15 is 0 Å². The fourth-order valence-electron chi connectivity index (χ4n) is 2.91. The van der Waals surface area contributed by atoms with Crippen molar-refractivity contribution in [1.29, 1.82) is 0 Å². The molecule has 0 radical (unpaired) electrons. The van der Waals surface area contributed by atoms with E-state index in [0.29, 0.717) is 11.3 Å². The molecule has 1 saturated heterocycles. The number of halogens is 1. The summed E-state index contributed by atoms with van der Waals surface area (Å²) in [6, 6.07) is 0. The van der Waals surface area contributed by atoms with Crippen molar-refractivity contribution in [2.75, 3.05) is 0 Å². The molecule has 0 aromatic carbocycles. The van der Waals surface area contributed by atoms with Crippen LogP contribution in [0.4, 0.5) is 4.39 Å². The van der Waals surface area contributed by atoms with Crippen LogP contribution in [0.15, 0.2) is 11.3 Å². The Labute approximate surface area is 116 Å². The molecular formula is C15H26BFO2. The van der Waals surface area contributed by atoms with E-state index in [-0.39, 0.29) is 5.73 Å². The van der Waals surface area contributed by atoms with Gasteiger partial charge in [-0.25, -0.2) is 4.39 Å². The van der Waals surface area contributed by atoms with Gasteiger partial charge in [0.25, 0.3) is 0 Å². The SMILES string of the molecule is CC(=C(F)B1OC(C)(C)C(C)(C)O1)C1CC(C)(C)C1. The molecule has 0 aromatic heterocycles. The van der Waals surface area contributed by atoms with Gasteiger partial charge in [-0.3, -0.25) is 0 Å². The zero-order valence-electron chi connectivity index (χ0n) is 13.3. The number of rotatable bonds is 2. The Morgan fingerprint density at radius 1 is 1.00 bits per heavy atom. The fourth-order valence-corrected chi connectivity index (χ4v) is 2.91. The third-order valence-electron chi connectivity index (χ3n) is 5.05. The van der Waals surface area contributed by atoms with Crippen molar-refractivity contribution >= 4 is 7.12 Å². The van der Waals surface area contributed by atoms with Crippen LogP contribution in [-0.4, -0.2) is 18.3 Å². The summed E-state index contributed by atoms with van der Waals surface area (Å²) in [6.45, 7) is 14.1. The first-order valence-electron chi connectivity index (χ1n) is 7.17. The van der Waals surface area contributed by atoms with Crippen LogP contribution in [0.1, 0.15) is 61.3 Å². The lowest BCUT2D eigenvalue weighted by molar-refractivity contribution is 0.00578. The summed E-state index contributed by atoms with van der Waals surface area (Å²) in [5, 5.41) is 0.